The van der Waals surface area contributed by atoms with E-state index in [1.165, 1.54) is 12.8 Å². The molecule has 18 heavy (non-hydrogen) atoms. The third-order valence-electron chi connectivity index (χ3n) is 2.60. The van der Waals surface area contributed by atoms with Gasteiger partial charge in [0.25, 0.3) is 0 Å². The van der Waals surface area contributed by atoms with Crippen molar-refractivity contribution in [2.45, 2.75) is 32.3 Å². The molecule has 0 bridgehead atoms. The molecule has 1 rings (SSSR count). The Morgan fingerprint density at radius 1 is 1.33 bits per heavy atom. The fraction of sp³-hybridized carbons (Fsp3) is 0.571. The average molecular weight is 272 g/mol. The van der Waals surface area contributed by atoms with E-state index < -0.39 is 6.10 Å². The minimum Gasteiger partial charge on any atom is -0.489 e. The van der Waals surface area contributed by atoms with Gasteiger partial charge in [0.2, 0.25) is 0 Å². The topological polar surface area (TPSA) is 41.5 Å². The lowest BCUT2D eigenvalue weighted by atomic mass is 10.2. The molecule has 0 fully saturated rings. The standard InChI is InChI=1S/C14H22ClNO2/c1-2-3-6-9-16-10-12(17)11-18-14-8-5-4-7-13(14)15/h4-5,7-8,12,16-17H,2-3,6,9-11H2,1H3. The summed E-state index contributed by atoms with van der Waals surface area (Å²) in [6, 6.07) is 7.27. The van der Waals surface area contributed by atoms with Gasteiger partial charge in [0.15, 0.2) is 0 Å². The number of nitrogens with one attached hydrogen (secondary N) is 1. The number of ether oxygens (including phenoxy) is 1. The summed E-state index contributed by atoms with van der Waals surface area (Å²) in [7, 11) is 0. The van der Waals surface area contributed by atoms with Gasteiger partial charge < -0.3 is 15.2 Å². The van der Waals surface area contributed by atoms with Crippen molar-refractivity contribution in [1.82, 2.24) is 5.32 Å². The molecule has 0 radical (unpaired) electrons. The zero-order valence-electron chi connectivity index (χ0n) is 10.9. The van der Waals surface area contributed by atoms with E-state index in [2.05, 4.69) is 12.2 Å². The van der Waals surface area contributed by atoms with Crippen molar-refractivity contribution in [2.75, 3.05) is 19.7 Å². The van der Waals surface area contributed by atoms with Crippen molar-refractivity contribution in [1.29, 1.82) is 0 Å². The number of halogens is 1. The molecule has 3 nitrogen and oxygen atoms in total. The summed E-state index contributed by atoms with van der Waals surface area (Å²) >= 11 is 5.95. The Morgan fingerprint density at radius 3 is 2.83 bits per heavy atom. The van der Waals surface area contributed by atoms with E-state index >= 15 is 0 Å². The van der Waals surface area contributed by atoms with Crippen LogP contribution in [0.15, 0.2) is 24.3 Å². The van der Waals surface area contributed by atoms with Gasteiger partial charge in [-0.2, -0.15) is 0 Å². The molecular formula is C14H22ClNO2. The van der Waals surface area contributed by atoms with Gasteiger partial charge in [-0.05, 0) is 25.1 Å². The Kier molecular flexibility index (Phi) is 7.81. The summed E-state index contributed by atoms with van der Waals surface area (Å²) in [4.78, 5) is 0. The predicted molar refractivity (Wildman–Crippen MR) is 75.3 cm³/mol. The number of unbranched alkanes of at least 4 members (excludes halogenated alkanes) is 2. The second-order valence-corrected chi connectivity index (χ2v) is 4.71. The average Bonchev–Trinajstić information content (AvgIpc) is 2.37. The van der Waals surface area contributed by atoms with E-state index in [1.807, 2.05) is 12.1 Å². The molecule has 0 spiro atoms. The van der Waals surface area contributed by atoms with E-state index in [4.69, 9.17) is 16.3 Å². The van der Waals surface area contributed by atoms with Crippen molar-refractivity contribution < 1.29 is 9.84 Å². The molecule has 0 heterocycles. The first-order valence-corrected chi connectivity index (χ1v) is 6.88. The van der Waals surface area contributed by atoms with Gasteiger partial charge in [0.05, 0.1) is 5.02 Å². The van der Waals surface area contributed by atoms with Crippen LogP contribution in [0.4, 0.5) is 0 Å². The molecule has 102 valence electrons. The summed E-state index contributed by atoms with van der Waals surface area (Å²) < 4.78 is 5.45. The number of aliphatic hydroxyl groups excluding tert-OH is 1. The minimum atomic E-state index is -0.511. The zero-order chi connectivity index (χ0) is 13.2. The SMILES string of the molecule is CCCCCNCC(O)COc1ccccc1Cl. The molecular weight excluding hydrogens is 250 g/mol. The van der Waals surface area contributed by atoms with Crippen molar-refractivity contribution in [3.8, 4) is 5.75 Å². The summed E-state index contributed by atoms with van der Waals surface area (Å²) in [6.45, 7) is 3.92. The number of benzene rings is 1. The van der Waals surface area contributed by atoms with E-state index in [-0.39, 0.29) is 6.61 Å². The van der Waals surface area contributed by atoms with Crippen LogP contribution in [-0.4, -0.2) is 30.9 Å². The quantitative estimate of drug-likeness (QED) is 0.679. The molecule has 0 aliphatic rings. The highest BCUT2D eigenvalue weighted by atomic mass is 35.5. The lowest BCUT2D eigenvalue weighted by molar-refractivity contribution is 0.106. The van der Waals surface area contributed by atoms with Crippen LogP contribution in [0.5, 0.6) is 5.75 Å². The van der Waals surface area contributed by atoms with Crippen LogP contribution in [0.1, 0.15) is 26.2 Å². The maximum absolute atomic E-state index is 9.73. The van der Waals surface area contributed by atoms with Crippen LogP contribution in [0.3, 0.4) is 0 Å². The maximum atomic E-state index is 9.73. The van der Waals surface area contributed by atoms with E-state index in [0.29, 0.717) is 17.3 Å². The Bertz CT molecular complexity index is 333. The largest absolute Gasteiger partial charge is 0.489 e. The number of hydrogen-bond acceptors (Lipinski definition) is 3. The molecule has 0 amide bonds. The van der Waals surface area contributed by atoms with Crippen LogP contribution >= 0.6 is 11.6 Å². The molecule has 0 saturated carbocycles. The second-order valence-electron chi connectivity index (χ2n) is 4.31. The Morgan fingerprint density at radius 2 is 2.11 bits per heavy atom. The van der Waals surface area contributed by atoms with Crippen LogP contribution < -0.4 is 10.1 Å². The van der Waals surface area contributed by atoms with E-state index in [0.717, 1.165) is 13.0 Å². The van der Waals surface area contributed by atoms with Crippen molar-refractivity contribution in [2.24, 2.45) is 0 Å². The van der Waals surface area contributed by atoms with Gasteiger partial charge in [-0.3, -0.25) is 0 Å². The van der Waals surface area contributed by atoms with Crippen LogP contribution in [-0.2, 0) is 0 Å². The fourth-order valence-electron chi connectivity index (χ4n) is 1.58. The number of aliphatic hydroxyl groups is 1. The van der Waals surface area contributed by atoms with Gasteiger partial charge >= 0.3 is 0 Å². The molecule has 2 N–H and O–H groups in total. The van der Waals surface area contributed by atoms with Crippen molar-refractivity contribution in [3.63, 3.8) is 0 Å². The highest BCUT2D eigenvalue weighted by Crippen LogP contribution is 2.22. The van der Waals surface area contributed by atoms with Gasteiger partial charge in [-0.15, -0.1) is 0 Å². The van der Waals surface area contributed by atoms with E-state index in [9.17, 15) is 5.11 Å². The van der Waals surface area contributed by atoms with E-state index in [1.54, 1.807) is 12.1 Å². The molecule has 1 unspecified atom stereocenters. The van der Waals surface area contributed by atoms with Crippen molar-refractivity contribution >= 4 is 11.6 Å². The summed E-state index contributed by atoms with van der Waals surface area (Å²) in [6.07, 6.45) is 3.07. The molecule has 0 aliphatic heterocycles. The third-order valence-corrected chi connectivity index (χ3v) is 2.92. The Labute approximate surface area is 114 Å². The highest BCUT2D eigenvalue weighted by Gasteiger charge is 2.06. The van der Waals surface area contributed by atoms with Crippen LogP contribution in [0.2, 0.25) is 5.02 Å². The first kappa shape index (κ1) is 15.3. The second kappa shape index (κ2) is 9.20. The van der Waals surface area contributed by atoms with Gasteiger partial charge in [0, 0.05) is 6.54 Å². The summed E-state index contributed by atoms with van der Waals surface area (Å²) in [5.74, 6) is 0.615. The smallest absolute Gasteiger partial charge is 0.138 e. The zero-order valence-corrected chi connectivity index (χ0v) is 11.6. The summed E-state index contributed by atoms with van der Waals surface area (Å²) in [5, 5.41) is 13.5. The van der Waals surface area contributed by atoms with Gasteiger partial charge in [0.1, 0.15) is 18.5 Å². The van der Waals surface area contributed by atoms with Crippen LogP contribution in [0.25, 0.3) is 0 Å². The number of hydrogen-bond donors (Lipinski definition) is 2. The Hall–Kier alpha value is -0.770. The predicted octanol–water partition coefficient (Wildman–Crippen LogP) is 2.86. The maximum Gasteiger partial charge on any atom is 0.138 e. The highest BCUT2D eigenvalue weighted by molar-refractivity contribution is 6.32. The minimum absolute atomic E-state index is 0.254. The fourth-order valence-corrected chi connectivity index (χ4v) is 1.77. The Balaban J connectivity index is 2.13. The lowest BCUT2D eigenvalue weighted by Gasteiger charge is -2.13. The first-order chi connectivity index (χ1) is 8.74. The molecule has 0 aliphatic carbocycles. The molecule has 1 aromatic carbocycles. The third kappa shape index (κ3) is 6.24. The first-order valence-electron chi connectivity index (χ1n) is 6.50. The lowest BCUT2D eigenvalue weighted by Crippen LogP contribution is -2.32. The molecule has 1 aromatic rings. The number of para-hydroxylation sites is 1. The van der Waals surface area contributed by atoms with Crippen LogP contribution in [0, 0.1) is 0 Å². The summed E-state index contributed by atoms with van der Waals surface area (Å²) in [5.41, 5.74) is 0. The number of rotatable bonds is 9. The van der Waals surface area contributed by atoms with Crippen molar-refractivity contribution in [3.05, 3.63) is 29.3 Å². The van der Waals surface area contributed by atoms with Gasteiger partial charge in [-0.1, -0.05) is 43.5 Å². The molecule has 0 aromatic heterocycles. The molecule has 1 atom stereocenters. The molecule has 0 saturated heterocycles. The van der Waals surface area contributed by atoms with Gasteiger partial charge in [-0.25, -0.2) is 0 Å². The molecule has 4 heteroatoms. The monoisotopic (exact) mass is 271 g/mol. The normalized spacial score (nSPS) is 12.4.